The second-order valence-corrected chi connectivity index (χ2v) is 7.52. The average molecular weight is 383 g/mol. The van der Waals surface area contributed by atoms with Crippen molar-refractivity contribution in [1.82, 2.24) is 10.3 Å². The Morgan fingerprint density at radius 3 is 2.96 bits per heavy atom. The first-order valence-corrected chi connectivity index (χ1v) is 9.58. The molecule has 1 aromatic carbocycles. The third-order valence-electron chi connectivity index (χ3n) is 4.48. The van der Waals surface area contributed by atoms with E-state index >= 15 is 0 Å². The summed E-state index contributed by atoms with van der Waals surface area (Å²) in [5, 5.41) is 4.04. The minimum Gasteiger partial charge on any atom is -0.491 e. The fraction of sp³-hybridized carbons (Fsp3) is 0.150. The molecule has 1 N–H and O–H groups in total. The zero-order valence-electron chi connectivity index (χ0n) is 13.8. The van der Waals surface area contributed by atoms with Gasteiger partial charge >= 0.3 is 0 Å². The molecule has 0 saturated carbocycles. The summed E-state index contributed by atoms with van der Waals surface area (Å²) < 4.78 is 11.7. The zero-order chi connectivity index (χ0) is 17.5. The van der Waals surface area contributed by atoms with E-state index in [2.05, 4.69) is 16.4 Å². The van der Waals surface area contributed by atoms with Gasteiger partial charge in [0.15, 0.2) is 12.5 Å². The SMILES string of the molecule is Clc1ccccc1C1=C(c2cc3c(s2)-c2ncccc2OCC3)NCO1. The van der Waals surface area contributed by atoms with Crippen LogP contribution >= 0.6 is 22.9 Å². The summed E-state index contributed by atoms with van der Waals surface area (Å²) in [7, 11) is 0. The standard InChI is InChI=1S/C20H15ClN2O2S/c21-14-5-2-1-4-13(14)19-18(23-11-25-19)16-10-12-7-9-24-15-6-3-8-22-17(15)20(12)26-16/h1-6,8,10,23H,7,9,11H2. The predicted octanol–water partition coefficient (Wildman–Crippen LogP) is 4.80. The molecule has 5 rings (SSSR count). The summed E-state index contributed by atoms with van der Waals surface area (Å²) in [6.07, 6.45) is 2.67. The van der Waals surface area contributed by atoms with E-state index in [-0.39, 0.29) is 0 Å². The van der Waals surface area contributed by atoms with Gasteiger partial charge in [0, 0.05) is 18.2 Å². The van der Waals surface area contributed by atoms with Crippen molar-refractivity contribution >= 4 is 34.4 Å². The molecular formula is C20H15ClN2O2S. The molecule has 3 aromatic rings. The summed E-state index contributed by atoms with van der Waals surface area (Å²) in [5.74, 6) is 1.64. The van der Waals surface area contributed by atoms with E-state index in [9.17, 15) is 0 Å². The number of nitrogens with one attached hydrogen (secondary N) is 1. The van der Waals surface area contributed by atoms with Crippen LogP contribution in [0.2, 0.25) is 5.02 Å². The fourth-order valence-corrected chi connectivity index (χ4v) is 4.73. The molecule has 2 aliphatic heterocycles. The molecule has 0 aliphatic carbocycles. The minimum atomic E-state index is 0.441. The zero-order valence-corrected chi connectivity index (χ0v) is 15.4. The van der Waals surface area contributed by atoms with Gasteiger partial charge in [-0.25, -0.2) is 0 Å². The first-order valence-electron chi connectivity index (χ1n) is 8.38. The molecule has 0 amide bonds. The maximum Gasteiger partial charge on any atom is 0.159 e. The number of nitrogens with zero attached hydrogens (tertiary/aromatic N) is 1. The molecule has 2 aromatic heterocycles. The molecule has 0 atom stereocenters. The van der Waals surface area contributed by atoms with Gasteiger partial charge in [-0.2, -0.15) is 0 Å². The summed E-state index contributed by atoms with van der Waals surface area (Å²) in [6.45, 7) is 1.10. The molecule has 4 heterocycles. The molecule has 6 heteroatoms. The van der Waals surface area contributed by atoms with Crippen LogP contribution in [0.3, 0.4) is 0 Å². The van der Waals surface area contributed by atoms with Crippen LogP contribution in [0.1, 0.15) is 16.0 Å². The summed E-state index contributed by atoms with van der Waals surface area (Å²) in [5.41, 5.74) is 4.05. The van der Waals surface area contributed by atoms with Gasteiger partial charge < -0.3 is 14.8 Å². The van der Waals surface area contributed by atoms with Gasteiger partial charge in [-0.1, -0.05) is 23.7 Å². The maximum atomic E-state index is 6.38. The van der Waals surface area contributed by atoms with E-state index in [1.165, 1.54) is 5.56 Å². The Labute approximate surface area is 160 Å². The third kappa shape index (κ3) is 2.55. The number of aromatic nitrogens is 1. The quantitative estimate of drug-likeness (QED) is 0.691. The highest BCUT2D eigenvalue weighted by molar-refractivity contribution is 7.16. The van der Waals surface area contributed by atoms with Gasteiger partial charge in [-0.15, -0.1) is 11.3 Å². The van der Waals surface area contributed by atoms with Crippen LogP contribution in [-0.2, 0) is 11.2 Å². The van der Waals surface area contributed by atoms with E-state index in [0.29, 0.717) is 18.4 Å². The van der Waals surface area contributed by atoms with Gasteiger partial charge in [-0.05, 0) is 35.9 Å². The highest BCUT2D eigenvalue weighted by Gasteiger charge is 2.26. The Morgan fingerprint density at radius 2 is 2.04 bits per heavy atom. The molecule has 0 radical (unpaired) electrons. The molecule has 0 saturated heterocycles. The molecule has 0 bridgehead atoms. The van der Waals surface area contributed by atoms with Crippen LogP contribution in [0.25, 0.3) is 22.0 Å². The van der Waals surface area contributed by atoms with Crippen molar-refractivity contribution in [2.24, 2.45) is 0 Å². The first-order chi connectivity index (χ1) is 12.8. The van der Waals surface area contributed by atoms with Crippen LogP contribution in [0.15, 0.2) is 48.7 Å². The lowest BCUT2D eigenvalue weighted by Gasteiger charge is -2.07. The minimum absolute atomic E-state index is 0.441. The number of ether oxygens (including phenoxy) is 2. The fourth-order valence-electron chi connectivity index (χ4n) is 3.28. The number of hydrogen-bond donors (Lipinski definition) is 1. The van der Waals surface area contributed by atoms with Crippen molar-refractivity contribution in [2.45, 2.75) is 6.42 Å². The van der Waals surface area contributed by atoms with Gasteiger partial charge in [0.05, 0.1) is 27.1 Å². The van der Waals surface area contributed by atoms with E-state index in [4.69, 9.17) is 21.1 Å². The molecule has 0 spiro atoms. The maximum absolute atomic E-state index is 6.38. The Kier molecular flexibility index (Phi) is 3.84. The Balaban J connectivity index is 1.65. The number of fused-ring (bicyclic) bond motifs is 3. The smallest absolute Gasteiger partial charge is 0.159 e. The first kappa shape index (κ1) is 15.7. The highest BCUT2D eigenvalue weighted by Crippen LogP contribution is 2.43. The lowest BCUT2D eigenvalue weighted by molar-refractivity contribution is 0.291. The Hall–Kier alpha value is -2.50. The van der Waals surface area contributed by atoms with Crippen molar-refractivity contribution in [3.05, 3.63) is 69.7 Å². The van der Waals surface area contributed by atoms with E-state index in [1.807, 2.05) is 42.6 Å². The lowest BCUT2D eigenvalue weighted by atomic mass is 10.1. The predicted molar refractivity (Wildman–Crippen MR) is 104 cm³/mol. The van der Waals surface area contributed by atoms with Crippen LogP contribution < -0.4 is 10.1 Å². The largest absolute Gasteiger partial charge is 0.491 e. The van der Waals surface area contributed by atoms with Crippen molar-refractivity contribution in [2.75, 3.05) is 13.3 Å². The lowest BCUT2D eigenvalue weighted by Crippen LogP contribution is -2.05. The van der Waals surface area contributed by atoms with Crippen molar-refractivity contribution < 1.29 is 9.47 Å². The van der Waals surface area contributed by atoms with E-state index in [0.717, 1.165) is 44.6 Å². The summed E-state index contributed by atoms with van der Waals surface area (Å²) in [6, 6.07) is 13.8. The van der Waals surface area contributed by atoms with Gasteiger partial charge in [-0.3, -0.25) is 4.98 Å². The highest BCUT2D eigenvalue weighted by atomic mass is 35.5. The second-order valence-electron chi connectivity index (χ2n) is 6.06. The van der Waals surface area contributed by atoms with E-state index < -0.39 is 0 Å². The number of hydrogen-bond acceptors (Lipinski definition) is 5. The monoisotopic (exact) mass is 382 g/mol. The number of thiophene rings is 1. The second kappa shape index (κ2) is 6.34. The van der Waals surface area contributed by atoms with Crippen LogP contribution in [0, 0.1) is 0 Å². The molecule has 26 heavy (non-hydrogen) atoms. The summed E-state index contributed by atoms with van der Waals surface area (Å²) >= 11 is 8.09. The molecular weight excluding hydrogens is 368 g/mol. The van der Waals surface area contributed by atoms with Gasteiger partial charge in [0.1, 0.15) is 11.4 Å². The normalized spacial score (nSPS) is 15.4. The van der Waals surface area contributed by atoms with Crippen molar-refractivity contribution in [3.8, 4) is 16.3 Å². The third-order valence-corrected chi connectivity index (χ3v) is 6.01. The molecule has 0 unspecified atom stereocenters. The Bertz CT molecular complexity index is 1030. The topological polar surface area (TPSA) is 43.4 Å². The molecule has 2 aliphatic rings. The Morgan fingerprint density at radius 1 is 1.12 bits per heavy atom. The number of rotatable bonds is 2. The van der Waals surface area contributed by atoms with Crippen LogP contribution in [0.4, 0.5) is 0 Å². The van der Waals surface area contributed by atoms with Crippen LogP contribution in [-0.4, -0.2) is 18.3 Å². The van der Waals surface area contributed by atoms with Crippen LogP contribution in [0.5, 0.6) is 5.75 Å². The van der Waals surface area contributed by atoms with Crippen molar-refractivity contribution in [1.29, 1.82) is 0 Å². The number of pyridine rings is 1. The average Bonchev–Trinajstić information content (AvgIpc) is 3.26. The van der Waals surface area contributed by atoms with E-state index in [1.54, 1.807) is 11.3 Å². The molecule has 4 nitrogen and oxygen atoms in total. The van der Waals surface area contributed by atoms with Gasteiger partial charge in [0.25, 0.3) is 0 Å². The number of halogens is 1. The van der Waals surface area contributed by atoms with Crippen molar-refractivity contribution in [3.63, 3.8) is 0 Å². The van der Waals surface area contributed by atoms with Gasteiger partial charge in [0.2, 0.25) is 0 Å². The summed E-state index contributed by atoms with van der Waals surface area (Å²) in [4.78, 5) is 6.83. The number of benzene rings is 1. The molecule has 0 fully saturated rings. The molecule has 130 valence electrons.